The standard InChI is InChI=1S/C12H13BrClNO2/c13-9-1-2-10-8(5-9)3-4-12(10,7-16)15-11(17)6-14/h1-2,5,16H,3-4,6-7H2,(H,15,17). The van der Waals surface area contributed by atoms with Crippen LogP contribution in [0.1, 0.15) is 17.5 Å². The van der Waals surface area contributed by atoms with Gasteiger partial charge in [-0.2, -0.15) is 0 Å². The second kappa shape index (κ2) is 4.96. The molecule has 1 aromatic carbocycles. The molecule has 0 radical (unpaired) electrons. The third kappa shape index (κ3) is 2.34. The first kappa shape index (κ1) is 12.9. The molecular weight excluding hydrogens is 305 g/mol. The zero-order chi connectivity index (χ0) is 12.5. The number of fused-ring (bicyclic) bond motifs is 1. The number of aryl methyl sites for hydroxylation is 1. The molecule has 0 saturated carbocycles. The summed E-state index contributed by atoms with van der Waals surface area (Å²) < 4.78 is 1.01. The maximum Gasteiger partial charge on any atom is 0.235 e. The average Bonchev–Trinajstić information content (AvgIpc) is 2.68. The van der Waals surface area contributed by atoms with E-state index in [-0.39, 0.29) is 18.4 Å². The Morgan fingerprint density at radius 3 is 3.00 bits per heavy atom. The lowest BCUT2D eigenvalue weighted by atomic mass is 9.92. The Balaban J connectivity index is 2.37. The fraction of sp³-hybridized carbons (Fsp3) is 0.417. The third-order valence-electron chi connectivity index (χ3n) is 3.17. The minimum atomic E-state index is -0.665. The van der Waals surface area contributed by atoms with Crippen LogP contribution in [0.2, 0.25) is 0 Å². The molecule has 92 valence electrons. The Kier molecular flexibility index (Phi) is 3.76. The quantitative estimate of drug-likeness (QED) is 0.837. The van der Waals surface area contributed by atoms with E-state index >= 15 is 0 Å². The van der Waals surface area contributed by atoms with E-state index in [0.29, 0.717) is 6.42 Å². The highest BCUT2D eigenvalue weighted by Crippen LogP contribution is 2.37. The molecule has 0 bridgehead atoms. The Morgan fingerprint density at radius 1 is 1.59 bits per heavy atom. The van der Waals surface area contributed by atoms with E-state index in [1.807, 2.05) is 18.2 Å². The van der Waals surface area contributed by atoms with Crippen molar-refractivity contribution in [3.63, 3.8) is 0 Å². The molecule has 0 heterocycles. The largest absolute Gasteiger partial charge is 0.394 e. The van der Waals surface area contributed by atoms with E-state index in [1.165, 1.54) is 0 Å². The molecule has 1 aliphatic rings. The predicted molar refractivity (Wildman–Crippen MR) is 70.1 cm³/mol. The van der Waals surface area contributed by atoms with E-state index in [4.69, 9.17) is 11.6 Å². The lowest BCUT2D eigenvalue weighted by Gasteiger charge is -2.29. The first-order chi connectivity index (χ1) is 8.11. The molecule has 1 amide bonds. The summed E-state index contributed by atoms with van der Waals surface area (Å²) in [5.74, 6) is -0.343. The van der Waals surface area contributed by atoms with Crippen molar-refractivity contribution in [3.05, 3.63) is 33.8 Å². The summed E-state index contributed by atoms with van der Waals surface area (Å²) in [5.41, 5.74) is 1.48. The van der Waals surface area contributed by atoms with Crippen molar-refractivity contribution < 1.29 is 9.90 Å². The maximum atomic E-state index is 11.4. The van der Waals surface area contributed by atoms with Crippen molar-refractivity contribution in [1.29, 1.82) is 0 Å². The smallest absolute Gasteiger partial charge is 0.235 e. The highest BCUT2D eigenvalue weighted by Gasteiger charge is 2.39. The molecule has 2 rings (SSSR count). The average molecular weight is 319 g/mol. The normalized spacial score (nSPS) is 22.3. The molecule has 0 spiro atoms. The molecule has 0 fully saturated rings. The summed E-state index contributed by atoms with van der Waals surface area (Å²) in [7, 11) is 0. The first-order valence-corrected chi connectivity index (χ1v) is 6.71. The molecule has 1 unspecified atom stereocenters. The molecule has 5 heteroatoms. The van der Waals surface area contributed by atoms with Gasteiger partial charge in [0.15, 0.2) is 0 Å². The van der Waals surface area contributed by atoms with Crippen LogP contribution in [0.5, 0.6) is 0 Å². The molecule has 0 saturated heterocycles. The van der Waals surface area contributed by atoms with Crippen molar-refractivity contribution in [2.45, 2.75) is 18.4 Å². The van der Waals surface area contributed by atoms with E-state index in [1.54, 1.807) is 0 Å². The number of amides is 1. The van der Waals surface area contributed by atoms with Crippen molar-refractivity contribution >= 4 is 33.4 Å². The summed E-state index contributed by atoms with van der Waals surface area (Å²) in [5, 5.41) is 12.4. The molecule has 17 heavy (non-hydrogen) atoms. The van der Waals surface area contributed by atoms with Crippen LogP contribution in [-0.2, 0) is 16.8 Å². The van der Waals surface area contributed by atoms with Gasteiger partial charge in [-0.25, -0.2) is 0 Å². The molecule has 2 N–H and O–H groups in total. The van der Waals surface area contributed by atoms with Gasteiger partial charge in [-0.3, -0.25) is 4.79 Å². The van der Waals surface area contributed by atoms with Crippen LogP contribution in [0.3, 0.4) is 0 Å². The number of aliphatic hydroxyl groups excluding tert-OH is 1. The monoisotopic (exact) mass is 317 g/mol. The predicted octanol–water partition coefficient (Wildman–Crippen LogP) is 1.94. The number of nitrogens with one attached hydrogen (secondary N) is 1. The van der Waals surface area contributed by atoms with Gasteiger partial charge < -0.3 is 10.4 Å². The summed E-state index contributed by atoms with van der Waals surface area (Å²) in [6.45, 7) is -0.107. The number of hydrogen-bond acceptors (Lipinski definition) is 2. The highest BCUT2D eigenvalue weighted by atomic mass is 79.9. The summed E-state index contributed by atoms with van der Waals surface area (Å²) in [6.07, 6.45) is 1.55. The number of benzene rings is 1. The van der Waals surface area contributed by atoms with Gasteiger partial charge in [0.05, 0.1) is 12.1 Å². The molecule has 1 aromatic rings. The van der Waals surface area contributed by atoms with Gasteiger partial charge in [0, 0.05) is 4.47 Å². The Hall–Kier alpha value is -0.580. The van der Waals surface area contributed by atoms with Gasteiger partial charge >= 0.3 is 0 Å². The minimum Gasteiger partial charge on any atom is -0.394 e. The van der Waals surface area contributed by atoms with Gasteiger partial charge in [0.1, 0.15) is 5.88 Å². The van der Waals surface area contributed by atoms with E-state index < -0.39 is 5.54 Å². The second-order valence-corrected chi connectivity index (χ2v) is 5.41. The fourth-order valence-corrected chi connectivity index (χ4v) is 2.83. The molecule has 1 aliphatic carbocycles. The lowest BCUT2D eigenvalue weighted by Crippen LogP contribution is -2.47. The van der Waals surface area contributed by atoms with Crippen LogP contribution in [-0.4, -0.2) is 23.5 Å². The topological polar surface area (TPSA) is 49.3 Å². The molecule has 0 aliphatic heterocycles. The lowest BCUT2D eigenvalue weighted by molar-refractivity contribution is -0.121. The SMILES string of the molecule is O=C(CCl)NC1(CO)CCc2cc(Br)ccc21. The van der Waals surface area contributed by atoms with E-state index in [2.05, 4.69) is 21.2 Å². The van der Waals surface area contributed by atoms with Crippen LogP contribution in [0.15, 0.2) is 22.7 Å². The fourth-order valence-electron chi connectivity index (χ4n) is 2.35. The number of rotatable bonds is 3. The first-order valence-electron chi connectivity index (χ1n) is 5.38. The number of halogens is 2. The second-order valence-electron chi connectivity index (χ2n) is 4.22. The molecule has 1 atom stereocenters. The Labute approximate surface area is 113 Å². The number of carbonyl (C=O) groups excluding carboxylic acids is 1. The van der Waals surface area contributed by atoms with Crippen molar-refractivity contribution in [2.24, 2.45) is 0 Å². The molecule has 3 nitrogen and oxygen atoms in total. The van der Waals surface area contributed by atoms with Gasteiger partial charge in [-0.15, -0.1) is 11.6 Å². The molecular formula is C12H13BrClNO2. The van der Waals surface area contributed by atoms with Gasteiger partial charge in [-0.05, 0) is 36.1 Å². The van der Waals surface area contributed by atoms with Gasteiger partial charge in [-0.1, -0.05) is 22.0 Å². The minimum absolute atomic E-state index is 0.0897. The van der Waals surface area contributed by atoms with Crippen LogP contribution >= 0.6 is 27.5 Å². The van der Waals surface area contributed by atoms with Crippen LogP contribution in [0.25, 0.3) is 0 Å². The number of aliphatic hydroxyl groups is 1. The van der Waals surface area contributed by atoms with Crippen molar-refractivity contribution in [2.75, 3.05) is 12.5 Å². The summed E-state index contributed by atoms with van der Waals surface area (Å²) in [6, 6.07) is 5.89. The third-order valence-corrected chi connectivity index (χ3v) is 3.91. The van der Waals surface area contributed by atoms with E-state index in [9.17, 15) is 9.90 Å². The van der Waals surface area contributed by atoms with E-state index in [0.717, 1.165) is 22.0 Å². The van der Waals surface area contributed by atoms with Crippen LogP contribution < -0.4 is 5.32 Å². The van der Waals surface area contributed by atoms with Crippen molar-refractivity contribution in [1.82, 2.24) is 5.32 Å². The Bertz CT molecular complexity index is 452. The molecule has 0 aromatic heterocycles. The number of hydrogen-bond donors (Lipinski definition) is 2. The maximum absolute atomic E-state index is 11.4. The van der Waals surface area contributed by atoms with Crippen molar-refractivity contribution in [3.8, 4) is 0 Å². The Morgan fingerprint density at radius 2 is 2.35 bits per heavy atom. The number of alkyl halides is 1. The summed E-state index contributed by atoms with van der Waals surface area (Å²) >= 11 is 8.92. The summed E-state index contributed by atoms with van der Waals surface area (Å²) in [4.78, 5) is 11.4. The zero-order valence-electron chi connectivity index (χ0n) is 9.17. The zero-order valence-corrected chi connectivity index (χ0v) is 11.5. The van der Waals surface area contributed by atoms with Crippen LogP contribution in [0.4, 0.5) is 0 Å². The number of carbonyl (C=O) groups is 1. The van der Waals surface area contributed by atoms with Gasteiger partial charge in [0.25, 0.3) is 0 Å². The highest BCUT2D eigenvalue weighted by molar-refractivity contribution is 9.10. The van der Waals surface area contributed by atoms with Gasteiger partial charge in [0.2, 0.25) is 5.91 Å². The van der Waals surface area contributed by atoms with Crippen LogP contribution in [0, 0.1) is 0 Å².